The number of hydrogen-bond donors (Lipinski definition) is 3. The average molecular weight is 391 g/mol. The van der Waals surface area contributed by atoms with Crippen molar-refractivity contribution in [1.29, 1.82) is 0 Å². The number of rotatable bonds is 3. The van der Waals surface area contributed by atoms with Crippen molar-refractivity contribution in [2.24, 2.45) is 23.7 Å². The molecule has 4 rings (SSSR count). The normalized spacial score (nSPS) is 26.2. The predicted molar refractivity (Wildman–Crippen MR) is 97.8 cm³/mol. The quantitative estimate of drug-likeness (QED) is 0.554. The lowest BCUT2D eigenvalue weighted by molar-refractivity contribution is -0.148. The summed E-state index contributed by atoms with van der Waals surface area (Å²) in [7, 11) is 0. The van der Waals surface area contributed by atoms with Gasteiger partial charge in [0.1, 0.15) is 4.88 Å². The highest BCUT2D eigenvalue weighted by Gasteiger charge is 2.51. The van der Waals surface area contributed by atoms with Gasteiger partial charge in [-0.25, -0.2) is 0 Å². The van der Waals surface area contributed by atoms with E-state index < -0.39 is 29.6 Å². The maximum atomic E-state index is 12.5. The second kappa shape index (κ2) is 6.41. The Balaban J connectivity index is 1.47. The minimum Gasteiger partial charge on any atom is -0.481 e. The van der Waals surface area contributed by atoms with Crippen LogP contribution in [0.15, 0.2) is 36.4 Å². The zero-order valence-corrected chi connectivity index (χ0v) is 15.0. The first kappa shape index (κ1) is 17.1. The SMILES string of the molecule is O=C(NNC(=O)[C@@H]1[C@@H](C(=O)O)[C@H]2C=C[C@H]1C2)c1sc2ccccc2c1Cl. The van der Waals surface area contributed by atoms with E-state index in [1.807, 2.05) is 36.4 Å². The molecule has 2 aliphatic carbocycles. The standard InChI is InChI=1S/C18H15ClN2O4S/c19-14-10-3-1-2-4-11(10)26-15(14)17(23)21-20-16(22)12-8-5-6-9(7-8)13(12)18(24)25/h1-6,8-9,12-13H,7H2,(H,20,22)(H,21,23)(H,24,25)/t8-,9-,12-,13-/m0/s1. The molecule has 3 N–H and O–H groups in total. The fourth-order valence-electron chi connectivity index (χ4n) is 3.93. The number of fused-ring (bicyclic) bond motifs is 3. The van der Waals surface area contributed by atoms with E-state index in [-0.39, 0.29) is 11.8 Å². The Hall–Kier alpha value is -2.38. The van der Waals surface area contributed by atoms with Gasteiger partial charge in [0, 0.05) is 10.1 Å². The van der Waals surface area contributed by atoms with Crippen LogP contribution in [0, 0.1) is 23.7 Å². The lowest BCUT2D eigenvalue weighted by Gasteiger charge is -2.23. The number of thiophene rings is 1. The van der Waals surface area contributed by atoms with Gasteiger partial charge in [-0.1, -0.05) is 42.0 Å². The lowest BCUT2D eigenvalue weighted by atomic mass is 9.82. The van der Waals surface area contributed by atoms with Crippen molar-refractivity contribution in [1.82, 2.24) is 10.9 Å². The minimum atomic E-state index is -0.985. The van der Waals surface area contributed by atoms with Crippen molar-refractivity contribution in [3.05, 3.63) is 46.3 Å². The second-order valence-electron chi connectivity index (χ2n) is 6.52. The molecule has 2 aromatic rings. The minimum absolute atomic E-state index is 0.106. The van der Waals surface area contributed by atoms with Gasteiger partial charge in [-0.2, -0.15) is 0 Å². The van der Waals surface area contributed by atoms with Crippen LogP contribution < -0.4 is 10.9 Å². The van der Waals surface area contributed by atoms with Gasteiger partial charge in [-0.05, 0) is 24.3 Å². The summed E-state index contributed by atoms with van der Waals surface area (Å²) in [6.45, 7) is 0. The zero-order valence-electron chi connectivity index (χ0n) is 13.4. The van der Waals surface area contributed by atoms with E-state index in [2.05, 4.69) is 10.9 Å². The van der Waals surface area contributed by atoms with Crippen LogP contribution in [0.4, 0.5) is 0 Å². The number of amides is 2. The number of hydrogen-bond acceptors (Lipinski definition) is 4. The molecule has 4 atom stereocenters. The van der Waals surface area contributed by atoms with E-state index in [0.29, 0.717) is 16.3 Å². The van der Waals surface area contributed by atoms with Gasteiger partial charge in [-0.15, -0.1) is 11.3 Å². The summed E-state index contributed by atoms with van der Waals surface area (Å²) in [5.41, 5.74) is 4.74. The van der Waals surface area contributed by atoms with E-state index >= 15 is 0 Å². The molecule has 1 saturated carbocycles. The maximum absolute atomic E-state index is 12.5. The predicted octanol–water partition coefficient (Wildman–Crippen LogP) is 2.84. The van der Waals surface area contributed by atoms with Crippen molar-refractivity contribution in [2.75, 3.05) is 0 Å². The summed E-state index contributed by atoms with van der Waals surface area (Å²) < 4.78 is 0.873. The summed E-state index contributed by atoms with van der Waals surface area (Å²) in [5.74, 6) is -3.65. The third-order valence-corrected chi connectivity index (χ3v) is 6.76. The van der Waals surface area contributed by atoms with Crippen molar-refractivity contribution < 1.29 is 19.5 Å². The molecule has 0 aliphatic heterocycles. The summed E-state index contributed by atoms with van der Waals surface area (Å²) in [5, 5.41) is 10.5. The van der Waals surface area contributed by atoms with Crippen LogP contribution in [0.2, 0.25) is 5.02 Å². The number of allylic oxidation sites excluding steroid dienone is 2. The Bertz CT molecular complexity index is 954. The number of carbonyl (C=O) groups excluding carboxylic acids is 2. The highest BCUT2D eigenvalue weighted by atomic mass is 35.5. The molecule has 2 amide bonds. The summed E-state index contributed by atoms with van der Waals surface area (Å²) in [6.07, 6.45) is 4.41. The van der Waals surface area contributed by atoms with E-state index in [0.717, 1.165) is 10.1 Å². The number of benzene rings is 1. The molecule has 6 nitrogen and oxygen atoms in total. The maximum Gasteiger partial charge on any atom is 0.307 e. The van der Waals surface area contributed by atoms with Crippen LogP contribution in [-0.2, 0) is 9.59 Å². The largest absolute Gasteiger partial charge is 0.481 e. The van der Waals surface area contributed by atoms with Gasteiger partial charge in [0.2, 0.25) is 5.91 Å². The van der Waals surface area contributed by atoms with Gasteiger partial charge in [0.25, 0.3) is 5.91 Å². The van der Waals surface area contributed by atoms with Crippen molar-refractivity contribution in [2.45, 2.75) is 6.42 Å². The summed E-state index contributed by atoms with van der Waals surface area (Å²) in [4.78, 5) is 36.7. The molecule has 26 heavy (non-hydrogen) atoms. The third-order valence-electron chi connectivity index (χ3n) is 5.09. The van der Waals surface area contributed by atoms with Crippen molar-refractivity contribution in [3.63, 3.8) is 0 Å². The molecule has 0 radical (unpaired) electrons. The molecule has 1 fully saturated rings. The summed E-state index contributed by atoms with van der Waals surface area (Å²) in [6, 6.07) is 7.37. The Morgan fingerprint density at radius 3 is 2.46 bits per heavy atom. The molecular weight excluding hydrogens is 376 g/mol. The highest BCUT2D eigenvalue weighted by molar-refractivity contribution is 7.21. The number of aliphatic carboxylic acids is 1. The molecule has 1 aromatic carbocycles. The Morgan fingerprint density at radius 1 is 1.08 bits per heavy atom. The van der Waals surface area contributed by atoms with Crippen molar-refractivity contribution >= 4 is 50.8 Å². The molecular formula is C18H15ClN2O4S. The zero-order chi connectivity index (χ0) is 18.4. The van der Waals surface area contributed by atoms with Gasteiger partial charge in [0.05, 0.1) is 16.9 Å². The fourth-order valence-corrected chi connectivity index (χ4v) is 5.35. The van der Waals surface area contributed by atoms with Gasteiger partial charge in [-0.3, -0.25) is 25.2 Å². The van der Waals surface area contributed by atoms with Crippen LogP contribution in [0.5, 0.6) is 0 Å². The Morgan fingerprint density at radius 2 is 1.77 bits per heavy atom. The van der Waals surface area contributed by atoms with Crippen LogP contribution in [0.25, 0.3) is 10.1 Å². The molecule has 134 valence electrons. The van der Waals surface area contributed by atoms with Crippen LogP contribution in [0.1, 0.15) is 16.1 Å². The molecule has 8 heteroatoms. The molecule has 2 aliphatic rings. The summed E-state index contributed by atoms with van der Waals surface area (Å²) >= 11 is 7.49. The fraction of sp³-hybridized carbons (Fsp3) is 0.278. The van der Waals surface area contributed by atoms with Crippen LogP contribution in [-0.4, -0.2) is 22.9 Å². The number of carbonyl (C=O) groups is 3. The van der Waals surface area contributed by atoms with E-state index in [4.69, 9.17) is 11.6 Å². The highest BCUT2D eigenvalue weighted by Crippen LogP contribution is 2.48. The van der Waals surface area contributed by atoms with Crippen LogP contribution in [0.3, 0.4) is 0 Å². The van der Waals surface area contributed by atoms with Crippen LogP contribution >= 0.6 is 22.9 Å². The Kier molecular flexibility index (Phi) is 4.20. The van der Waals surface area contributed by atoms with Gasteiger partial charge in [0.15, 0.2) is 0 Å². The molecule has 0 unspecified atom stereocenters. The number of halogens is 1. The molecule has 0 saturated heterocycles. The second-order valence-corrected chi connectivity index (χ2v) is 7.95. The van der Waals surface area contributed by atoms with Crippen molar-refractivity contribution in [3.8, 4) is 0 Å². The lowest BCUT2D eigenvalue weighted by Crippen LogP contribution is -2.48. The number of hydrazine groups is 1. The van der Waals surface area contributed by atoms with E-state index in [9.17, 15) is 19.5 Å². The molecule has 0 spiro atoms. The molecule has 2 bridgehead atoms. The first-order valence-electron chi connectivity index (χ1n) is 8.15. The van der Waals surface area contributed by atoms with Gasteiger partial charge < -0.3 is 5.11 Å². The van der Waals surface area contributed by atoms with E-state index in [1.165, 1.54) is 11.3 Å². The smallest absolute Gasteiger partial charge is 0.307 e. The Labute approximate surface area is 157 Å². The molecule has 1 heterocycles. The third kappa shape index (κ3) is 2.68. The van der Waals surface area contributed by atoms with E-state index in [1.54, 1.807) is 0 Å². The number of nitrogens with one attached hydrogen (secondary N) is 2. The van der Waals surface area contributed by atoms with Gasteiger partial charge >= 0.3 is 5.97 Å². The number of carboxylic acid groups (broad SMARTS) is 1. The topological polar surface area (TPSA) is 95.5 Å². The number of carboxylic acids is 1. The average Bonchev–Trinajstić information content (AvgIpc) is 3.32. The first-order chi connectivity index (χ1) is 12.5. The monoisotopic (exact) mass is 390 g/mol. The molecule has 1 aromatic heterocycles. The first-order valence-corrected chi connectivity index (χ1v) is 9.35.